The molecule has 0 aromatic heterocycles. The zero-order valence-electron chi connectivity index (χ0n) is 10.8. The Labute approximate surface area is 112 Å². The van der Waals surface area contributed by atoms with Gasteiger partial charge in [0.2, 0.25) is 0 Å². The average Bonchev–Trinajstić information content (AvgIpc) is 2.81. The SMILES string of the molecule is O=C(O)C1CCCN(C2CCc3cc(F)ccc32)C1. The summed E-state index contributed by atoms with van der Waals surface area (Å²) in [4.78, 5) is 13.4. The largest absolute Gasteiger partial charge is 0.481 e. The van der Waals surface area contributed by atoms with E-state index in [9.17, 15) is 9.18 Å². The number of halogens is 1. The fourth-order valence-corrected chi connectivity index (χ4v) is 3.43. The van der Waals surface area contributed by atoms with Gasteiger partial charge in [-0.2, -0.15) is 0 Å². The Balaban J connectivity index is 1.79. The van der Waals surface area contributed by atoms with Crippen molar-refractivity contribution in [1.82, 2.24) is 4.90 Å². The van der Waals surface area contributed by atoms with Gasteiger partial charge in [-0.15, -0.1) is 0 Å². The monoisotopic (exact) mass is 263 g/mol. The molecule has 2 aliphatic rings. The number of carbonyl (C=O) groups is 1. The zero-order chi connectivity index (χ0) is 13.4. The second kappa shape index (κ2) is 4.93. The Morgan fingerprint density at radius 3 is 3.00 bits per heavy atom. The van der Waals surface area contributed by atoms with Crippen LogP contribution >= 0.6 is 0 Å². The highest BCUT2D eigenvalue weighted by Crippen LogP contribution is 2.38. The van der Waals surface area contributed by atoms with Gasteiger partial charge in [0.1, 0.15) is 5.82 Å². The first-order chi connectivity index (χ1) is 9.15. The van der Waals surface area contributed by atoms with Crippen LogP contribution in [0.1, 0.15) is 36.4 Å². The number of hydrogen-bond acceptors (Lipinski definition) is 2. The fourth-order valence-electron chi connectivity index (χ4n) is 3.43. The predicted molar refractivity (Wildman–Crippen MR) is 69.4 cm³/mol. The lowest BCUT2D eigenvalue weighted by molar-refractivity contribution is -0.144. The molecule has 2 atom stereocenters. The van der Waals surface area contributed by atoms with Crippen molar-refractivity contribution < 1.29 is 14.3 Å². The lowest BCUT2D eigenvalue weighted by atomic mass is 9.95. The van der Waals surface area contributed by atoms with Crippen molar-refractivity contribution in [2.45, 2.75) is 31.7 Å². The van der Waals surface area contributed by atoms with Crippen molar-refractivity contribution in [1.29, 1.82) is 0 Å². The number of rotatable bonds is 2. The molecule has 0 spiro atoms. The molecule has 3 nitrogen and oxygen atoms in total. The molecule has 0 bridgehead atoms. The Bertz CT molecular complexity index is 503. The van der Waals surface area contributed by atoms with E-state index in [-0.39, 0.29) is 17.8 Å². The number of nitrogens with zero attached hydrogens (tertiary/aromatic N) is 1. The number of fused-ring (bicyclic) bond motifs is 1. The van der Waals surface area contributed by atoms with Crippen LogP contribution in [0, 0.1) is 11.7 Å². The number of carboxylic acids is 1. The number of benzene rings is 1. The molecular formula is C15H18FNO2. The van der Waals surface area contributed by atoms with Gasteiger partial charge in [0.05, 0.1) is 5.92 Å². The van der Waals surface area contributed by atoms with Crippen molar-refractivity contribution in [3.63, 3.8) is 0 Å². The highest BCUT2D eigenvalue weighted by Gasteiger charge is 2.33. The molecule has 0 saturated carbocycles. The molecule has 1 fully saturated rings. The van der Waals surface area contributed by atoms with Gasteiger partial charge < -0.3 is 5.11 Å². The van der Waals surface area contributed by atoms with E-state index in [4.69, 9.17) is 5.11 Å². The van der Waals surface area contributed by atoms with Crippen LogP contribution in [0.2, 0.25) is 0 Å². The number of aliphatic carboxylic acids is 1. The molecule has 2 unspecified atom stereocenters. The second-order valence-corrected chi connectivity index (χ2v) is 5.57. The zero-order valence-corrected chi connectivity index (χ0v) is 10.8. The van der Waals surface area contributed by atoms with Crippen molar-refractivity contribution in [3.8, 4) is 0 Å². The van der Waals surface area contributed by atoms with E-state index in [2.05, 4.69) is 4.90 Å². The standard InChI is InChI=1S/C15H18FNO2/c16-12-4-5-13-10(8-12)3-6-14(13)17-7-1-2-11(9-17)15(18)19/h4-5,8,11,14H,1-3,6-7,9H2,(H,18,19). The summed E-state index contributed by atoms with van der Waals surface area (Å²) in [6.07, 6.45) is 3.58. The maximum absolute atomic E-state index is 13.2. The minimum atomic E-state index is -0.693. The molecule has 19 heavy (non-hydrogen) atoms. The first-order valence-electron chi connectivity index (χ1n) is 6.90. The van der Waals surface area contributed by atoms with Gasteiger partial charge in [-0.1, -0.05) is 6.07 Å². The summed E-state index contributed by atoms with van der Waals surface area (Å²) in [5, 5.41) is 9.15. The van der Waals surface area contributed by atoms with E-state index in [0.717, 1.165) is 37.8 Å². The molecule has 1 heterocycles. The third-order valence-electron chi connectivity index (χ3n) is 4.39. The van der Waals surface area contributed by atoms with Gasteiger partial charge in [-0.05, 0) is 55.5 Å². The van der Waals surface area contributed by atoms with Crippen molar-refractivity contribution in [3.05, 3.63) is 35.1 Å². The van der Waals surface area contributed by atoms with Crippen LogP contribution < -0.4 is 0 Å². The molecular weight excluding hydrogens is 245 g/mol. The van der Waals surface area contributed by atoms with Gasteiger partial charge in [0, 0.05) is 12.6 Å². The van der Waals surface area contributed by atoms with E-state index in [1.807, 2.05) is 6.07 Å². The van der Waals surface area contributed by atoms with Crippen molar-refractivity contribution >= 4 is 5.97 Å². The summed E-state index contributed by atoms with van der Waals surface area (Å²) in [6, 6.07) is 5.27. The number of piperidine rings is 1. The molecule has 3 rings (SSSR count). The Morgan fingerprint density at radius 2 is 2.21 bits per heavy atom. The molecule has 0 amide bonds. The van der Waals surface area contributed by atoms with Crippen LogP contribution in [0.25, 0.3) is 0 Å². The third kappa shape index (κ3) is 2.37. The summed E-state index contributed by atoms with van der Waals surface area (Å²) < 4.78 is 13.2. The first-order valence-corrected chi connectivity index (χ1v) is 6.90. The summed E-state index contributed by atoms with van der Waals surface area (Å²) in [5.41, 5.74) is 2.27. The molecule has 4 heteroatoms. The van der Waals surface area contributed by atoms with Crippen LogP contribution in [-0.4, -0.2) is 29.1 Å². The lowest BCUT2D eigenvalue weighted by Gasteiger charge is -2.35. The minimum absolute atomic E-state index is 0.179. The topological polar surface area (TPSA) is 40.5 Å². The van der Waals surface area contributed by atoms with E-state index >= 15 is 0 Å². The Hall–Kier alpha value is -1.42. The summed E-state index contributed by atoms with van der Waals surface area (Å²) in [7, 11) is 0. The van der Waals surface area contributed by atoms with Gasteiger partial charge in [-0.3, -0.25) is 9.69 Å². The summed E-state index contributed by atoms with van der Waals surface area (Å²) in [6.45, 7) is 1.57. The second-order valence-electron chi connectivity index (χ2n) is 5.57. The van der Waals surface area contributed by atoms with Gasteiger partial charge in [-0.25, -0.2) is 4.39 Å². The number of hydrogen-bond donors (Lipinski definition) is 1. The number of likely N-dealkylation sites (tertiary alicyclic amines) is 1. The van der Waals surface area contributed by atoms with Crippen LogP contribution in [-0.2, 0) is 11.2 Å². The summed E-state index contributed by atoms with van der Waals surface area (Å²) in [5.74, 6) is -1.12. The predicted octanol–water partition coefficient (Wildman–Crippen LogP) is 2.61. The number of carboxylic acid groups (broad SMARTS) is 1. The van der Waals surface area contributed by atoms with E-state index in [1.165, 1.54) is 11.6 Å². The smallest absolute Gasteiger partial charge is 0.307 e. The maximum atomic E-state index is 13.2. The minimum Gasteiger partial charge on any atom is -0.481 e. The lowest BCUT2D eigenvalue weighted by Crippen LogP contribution is -2.40. The fraction of sp³-hybridized carbons (Fsp3) is 0.533. The Morgan fingerprint density at radius 1 is 1.37 bits per heavy atom. The molecule has 1 aliphatic carbocycles. The van der Waals surface area contributed by atoms with Crippen LogP contribution in [0.4, 0.5) is 4.39 Å². The normalized spacial score (nSPS) is 27.2. The average molecular weight is 263 g/mol. The number of aryl methyl sites for hydroxylation is 1. The van der Waals surface area contributed by atoms with E-state index in [0.29, 0.717) is 6.54 Å². The molecule has 102 valence electrons. The highest BCUT2D eigenvalue weighted by atomic mass is 19.1. The maximum Gasteiger partial charge on any atom is 0.307 e. The van der Waals surface area contributed by atoms with Gasteiger partial charge in [0.15, 0.2) is 0 Å². The Kier molecular flexibility index (Phi) is 3.27. The summed E-state index contributed by atoms with van der Waals surface area (Å²) >= 11 is 0. The van der Waals surface area contributed by atoms with Crippen molar-refractivity contribution in [2.24, 2.45) is 5.92 Å². The van der Waals surface area contributed by atoms with Gasteiger partial charge in [0.25, 0.3) is 0 Å². The molecule has 1 aromatic rings. The highest BCUT2D eigenvalue weighted by molar-refractivity contribution is 5.70. The quantitative estimate of drug-likeness (QED) is 0.891. The van der Waals surface area contributed by atoms with Gasteiger partial charge >= 0.3 is 5.97 Å². The van der Waals surface area contributed by atoms with E-state index < -0.39 is 5.97 Å². The molecule has 1 saturated heterocycles. The van der Waals surface area contributed by atoms with E-state index in [1.54, 1.807) is 6.07 Å². The van der Waals surface area contributed by atoms with Crippen molar-refractivity contribution in [2.75, 3.05) is 13.1 Å². The molecule has 1 aliphatic heterocycles. The van der Waals surface area contributed by atoms with Crippen LogP contribution in [0.3, 0.4) is 0 Å². The van der Waals surface area contributed by atoms with Crippen LogP contribution in [0.5, 0.6) is 0 Å². The first kappa shape index (κ1) is 12.6. The molecule has 1 aromatic carbocycles. The third-order valence-corrected chi connectivity index (χ3v) is 4.39. The molecule has 0 radical (unpaired) electrons. The van der Waals surface area contributed by atoms with Crippen LogP contribution in [0.15, 0.2) is 18.2 Å². The molecule has 1 N–H and O–H groups in total.